The molecule has 2 unspecified atom stereocenters. The molecule has 0 aromatic carbocycles. The van der Waals surface area contributed by atoms with E-state index in [1.165, 1.54) is 0 Å². The van der Waals surface area contributed by atoms with E-state index >= 15 is 0 Å². The molecule has 6 heteroatoms. The van der Waals surface area contributed by atoms with Crippen LogP contribution in [0.25, 0.3) is 0 Å². The molecule has 0 radical (unpaired) electrons. The van der Waals surface area contributed by atoms with Crippen LogP contribution in [0.5, 0.6) is 0 Å². The topological polar surface area (TPSA) is 79.5 Å². The SMILES string of the molecule is CCC(C)OP(=O)(O)C(C#N)=CC1CCOCC1. The Hall–Kier alpha value is -0.660. The zero-order valence-corrected chi connectivity index (χ0v) is 11.7. The standard InChI is InChI=1S/C12H20NO4P/c1-3-10(2)17-18(14,15)12(9-13)8-11-4-6-16-7-5-11/h8,10-11H,3-7H2,1-2H3,(H,14,15). The van der Waals surface area contributed by atoms with Crippen molar-refractivity contribution in [2.45, 2.75) is 39.2 Å². The van der Waals surface area contributed by atoms with Gasteiger partial charge in [0.25, 0.3) is 0 Å². The summed E-state index contributed by atoms with van der Waals surface area (Å²) in [7, 11) is -3.98. The van der Waals surface area contributed by atoms with Crippen LogP contribution in [0.2, 0.25) is 0 Å². The van der Waals surface area contributed by atoms with Crippen molar-refractivity contribution in [2.24, 2.45) is 5.92 Å². The van der Waals surface area contributed by atoms with Gasteiger partial charge in [-0.3, -0.25) is 4.57 Å². The van der Waals surface area contributed by atoms with Crippen molar-refractivity contribution in [2.75, 3.05) is 13.2 Å². The smallest absolute Gasteiger partial charge is 0.369 e. The highest BCUT2D eigenvalue weighted by atomic mass is 31.2. The molecule has 0 bridgehead atoms. The second kappa shape index (κ2) is 7.06. The van der Waals surface area contributed by atoms with Crippen LogP contribution in [-0.4, -0.2) is 24.2 Å². The minimum Gasteiger partial charge on any atom is -0.381 e. The molecular weight excluding hydrogens is 253 g/mol. The van der Waals surface area contributed by atoms with E-state index in [9.17, 15) is 9.46 Å². The molecule has 1 aliphatic heterocycles. The van der Waals surface area contributed by atoms with Gasteiger partial charge in [-0.15, -0.1) is 0 Å². The van der Waals surface area contributed by atoms with Gasteiger partial charge in [-0.05, 0) is 32.1 Å². The van der Waals surface area contributed by atoms with Gasteiger partial charge >= 0.3 is 7.60 Å². The van der Waals surface area contributed by atoms with E-state index in [1.54, 1.807) is 19.1 Å². The van der Waals surface area contributed by atoms with Crippen molar-refractivity contribution >= 4 is 7.60 Å². The number of nitriles is 1. The highest BCUT2D eigenvalue weighted by molar-refractivity contribution is 7.57. The quantitative estimate of drug-likeness (QED) is 0.615. The Morgan fingerprint density at radius 1 is 1.67 bits per heavy atom. The molecule has 5 nitrogen and oxygen atoms in total. The van der Waals surface area contributed by atoms with Gasteiger partial charge in [-0.25, -0.2) is 0 Å². The Bertz CT molecular complexity index is 382. The number of hydrogen-bond acceptors (Lipinski definition) is 4. The third-order valence-electron chi connectivity index (χ3n) is 2.98. The maximum absolute atomic E-state index is 12.0. The molecule has 1 N–H and O–H groups in total. The van der Waals surface area contributed by atoms with Crippen LogP contribution in [0.3, 0.4) is 0 Å². The lowest BCUT2D eigenvalue weighted by molar-refractivity contribution is 0.0784. The van der Waals surface area contributed by atoms with Gasteiger partial charge in [0.15, 0.2) is 0 Å². The summed E-state index contributed by atoms with van der Waals surface area (Å²) < 4.78 is 22.3. The molecule has 18 heavy (non-hydrogen) atoms. The highest BCUT2D eigenvalue weighted by Crippen LogP contribution is 2.52. The van der Waals surface area contributed by atoms with Crippen molar-refractivity contribution in [1.29, 1.82) is 5.26 Å². The van der Waals surface area contributed by atoms with E-state index in [4.69, 9.17) is 14.5 Å². The first kappa shape index (κ1) is 15.4. The average Bonchev–Trinajstić information content (AvgIpc) is 2.36. The maximum atomic E-state index is 12.0. The van der Waals surface area contributed by atoms with E-state index < -0.39 is 7.60 Å². The molecule has 0 aromatic rings. The van der Waals surface area contributed by atoms with Gasteiger partial charge in [0, 0.05) is 13.2 Å². The average molecular weight is 273 g/mol. The summed E-state index contributed by atoms with van der Waals surface area (Å²) >= 11 is 0. The fraction of sp³-hybridized carbons (Fsp3) is 0.750. The van der Waals surface area contributed by atoms with Crippen LogP contribution in [0.15, 0.2) is 11.4 Å². The first-order chi connectivity index (χ1) is 8.49. The normalized spacial score (nSPS) is 23.1. The van der Waals surface area contributed by atoms with Crippen LogP contribution in [0, 0.1) is 17.2 Å². The predicted octanol–water partition coefficient (Wildman–Crippen LogP) is 2.82. The largest absolute Gasteiger partial charge is 0.381 e. The summed E-state index contributed by atoms with van der Waals surface area (Å²) in [6.07, 6.45) is 3.40. The summed E-state index contributed by atoms with van der Waals surface area (Å²) in [6, 6.07) is 1.80. The minimum atomic E-state index is -3.98. The van der Waals surface area contributed by atoms with Crippen molar-refractivity contribution in [1.82, 2.24) is 0 Å². The lowest BCUT2D eigenvalue weighted by Gasteiger charge is -2.21. The molecule has 0 spiro atoms. The van der Waals surface area contributed by atoms with Crippen LogP contribution in [0.1, 0.15) is 33.1 Å². The molecule has 0 aliphatic carbocycles. The van der Waals surface area contributed by atoms with Gasteiger partial charge in [0.2, 0.25) is 0 Å². The minimum absolute atomic E-state index is 0.120. The fourth-order valence-electron chi connectivity index (χ4n) is 1.68. The van der Waals surface area contributed by atoms with Crippen LogP contribution < -0.4 is 0 Å². The van der Waals surface area contributed by atoms with Crippen molar-refractivity contribution in [3.8, 4) is 6.07 Å². The first-order valence-corrected chi connectivity index (χ1v) is 7.78. The predicted molar refractivity (Wildman–Crippen MR) is 67.9 cm³/mol. The Morgan fingerprint density at radius 3 is 2.78 bits per heavy atom. The van der Waals surface area contributed by atoms with Crippen molar-refractivity contribution < 1.29 is 18.7 Å². The van der Waals surface area contributed by atoms with E-state index in [2.05, 4.69) is 0 Å². The summed E-state index contributed by atoms with van der Waals surface area (Å²) in [5.74, 6) is 0.120. The number of rotatable bonds is 5. The zero-order valence-electron chi connectivity index (χ0n) is 10.8. The molecule has 0 amide bonds. The summed E-state index contributed by atoms with van der Waals surface area (Å²) in [4.78, 5) is 9.82. The third-order valence-corrected chi connectivity index (χ3v) is 4.48. The summed E-state index contributed by atoms with van der Waals surface area (Å²) in [6.45, 7) is 4.83. The molecular formula is C12H20NO4P. The van der Waals surface area contributed by atoms with E-state index in [0.717, 1.165) is 12.8 Å². The van der Waals surface area contributed by atoms with E-state index in [0.29, 0.717) is 19.6 Å². The van der Waals surface area contributed by atoms with Crippen molar-refractivity contribution in [3.05, 3.63) is 11.4 Å². The van der Waals surface area contributed by atoms with Crippen molar-refractivity contribution in [3.63, 3.8) is 0 Å². The Labute approximate surface area is 108 Å². The van der Waals surface area contributed by atoms with E-state index in [1.807, 2.05) is 6.92 Å². The lowest BCUT2D eigenvalue weighted by atomic mass is 10.00. The Balaban J connectivity index is 2.77. The highest BCUT2D eigenvalue weighted by Gasteiger charge is 2.29. The molecule has 1 saturated heterocycles. The molecule has 0 saturated carbocycles. The van der Waals surface area contributed by atoms with Crippen LogP contribution in [-0.2, 0) is 13.8 Å². The second-order valence-electron chi connectivity index (χ2n) is 4.46. The number of nitrogens with zero attached hydrogens (tertiary/aromatic N) is 1. The fourth-order valence-corrected chi connectivity index (χ4v) is 2.95. The van der Waals surface area contributed by atoms with Crippen LogP contribution >= 0.6 is 7.60 Å². The molecule has 102 valence electrons. The van der Waals surface area contributed by atoms with Gasteiger partial charge < -0.3 is 14.2 Å². The number of hydrogen-bond donors (Lipinski definition) is 1. The van der Waals surface area contributed by atoms with Gasteiger partial charge in [-0.1, -0.05) is 13.0 Å². The van der Waals surface area contributed by atoms with Gasteiger partial charge in [-0.2, -0.15) is 5.26 Å². The Morgan fingerprint density at radius 2 is 2.28 bits per heavy atom. The molecule has 2 atom stereocenters. The van der Waals surface area contributed by atoms with E-state index in [-0.39, 0.29) is 17.3 Å². The number of ether oxygens (including phenoxy) is 1. The van der Waals surface area contributed by atoms with Gasteiger partial charge in [0.05, 0.1) is 6.10 Å². The maximum Gasteiger partial charge on any atom is 0.369 e. The number of allylic oxidation sites excluding steroid dienone is 2. The molecule has 1 heterocycles. The first-order valence-electron chi connectivity index (χ1n) is 6.21. The zero-order chi connectivity index (χ0) is 13.6. The molecule has 1 rings (SSSR count). The summed E-state index contributed by atoms with van der Waals surface area (Å²) in [5, 5.41) is 8.87. The Kier molecular flexibility index (Phi) is 6.04. The molecule has 1 fully saturated rings. The lowest BCUT2D eigenvalue weighted by Crippen LogP contribution is -2.14. The van der Waals surface area contributed by atoms with Crippen LogP contribution in [0.4, 0.5) is 0 Å². The molecule has 1 aliphatic rings. The second-order valence-corrected chi connectivity index (χ2v) is 6.19. The monoisotopic (exact) mass is 273 g/mol. The molecule has 0 aromatic heterocycles. The van der Waals surface area contributed by atoms with Gasteiger partial charge in [0.1, 0.15) is 11.4 Å². The summed E-state index contributed by atoms with van der Waals surface area (Å²) in [5.41, 5.74) is 0. The third kappa shape index (κ3) is 4.55.